The number of phenolic OH excluding ortho intramolecular Hbond substituents is 1. The zero-order valence-electron chi connectivity index (χ0n) is 12.7. The fraction of sp³-hybridized carbons (Fsp3) is 0. The molecule has 0 amide bonds. The number of nitrogens with zero attached hydrogens (tertiary/aromatic N) is 2. The molecule has 3 aromatic carbocycles. The molecule has 0 saturated carbocycles. The Kier molecular flexibility index (Phi) is 3.25. The Bertz CT molecular complexity index is 1100. The Morgan fingerprint density at radius 1 is 1.00 bits per heavy atom. The van der Waals surface area contributed by atoms with Crippen LogP contribution in [0.3, 0.4) is 0 Å². The van der Waals surface area contributed by atoms with Gasteiger partial charge in [-0.3, -0.25) is 0 Å². The number of hydrogen-bond donors (Lipinski definition) is 2. The summed E-state index contributed by atoms with van der Waals surface area (Å²) in [5.41, 5.74) is 3.02. The van der Waals surface area contributed by atoms with Gasteiger partial charge >= 0.3 is 0 Å². The predicted molar refractivity (Wildman–Crippen MR) is 95.2 cm³/mol. The smallest absolute Gasteiger partial charge is 0.149 e. The first-order valence-electron chi connectivity index (χ1n) is 7.54. The molecule has 0 saturated heterocycles. The Labute approximate surface area is 138 Å². The van der Waals surface area contributed by atoms with Gasteiger partial charge < -0.3 is 10.1 Å². The lowest BCUT2D eigenvalue weighted by Crippen LogP contribution is -1.86. The van der Waals surface area contributed by atoms with E-state index in [1.807, 2.05) is 48.5 Å². The molecule has 4 heteroatoms. The van der Waals surface area contributed by atoms with Crippen molar-refractivity contribution in [1.29, 1.82) is 5.26 Å². The van der Waals surface area contributed by atoms with Gasteiger partial charge in [-0.2, -0.15) is 5.26 Å². The van der Waals surface area contributed by atoms with E-state index in [-0.39, 0.29) is 5.75 Å². The molecule has 4 rings (SSSR count). The summed E-state index contributed by atoms with van der Waals surface area (Å²) in [6.45, 7) is 0. The van der Waals surface area contributed by atoms with Crippen molar-refractivity contribution >= 4 is 33.5 Å². The van der Waals surface area contributed by atoms with Crippen LogP contribution >= 0.6 is 0 Å². The monoisotopic (exact) mass is 311 g/mol. The summed E-state index contributed by atoms with van der Waals surface area (Å²) in [6.07, 6.45) is 1.79. The second-order valence-electron chi connectivity index (χ2n) is 5.49. The summed E-state index contributed by atoms with van der Waals surface area (Å²) in [5, 5.41) is 21.2. The number of hydrogen-bond acceptors (Lipinski definition) is 3. The molecule has 0 aliphatic rings. The standard InChI is InChI=1S/C20H13N3O/c21-12-14(20-22-17-7-3-4-8-18(17)23-20)11-13-9-10-19(24)16-6-2-1-5-15(13)16/h1-11,24H,(H,22,23). The van der Waals surface area contributed by atoms with Crippen molar-refractivity contribution in [1.82, 2.24) is 9.97 Å². The molecule has 114 valence electrons. The van der Waals surface area contributed by atoms with Crippen molar-refractivity contribution in [2.45, 2.75) is 0 Å². The van der Waals surface area contributed by atoms with Crippen LogP contribution in [0.2, 0.25) is 0 Å². The molecule has 2 N–H and O–H groups in total. The summed E-state index contributed by atoms with van der Waals surface area (Å²) < 4.78 is 0. The summed E-state index contributed by atoms with van der Waals surface area (Å²) in [6, 6.07) is 20.9. The van der Waals surface area contributed by atoms with Crippen LogP contribution in [-0.4, -0.2) is 15.1 Å². The molecule has 4 nitrogen and oxygen atoms in total. The van der Waals surface area contributed by atoms with Crippen molar-refractivity contribution in [2.24, 2.45) is 0 Å². The number of nitrogens with one attached hydrogen (secondary N) is 1. The molecule has 1 aromatic heterocycles. The minimum absolute atomic E-state index is 0.227. The number of aromatic hydroxyl groups is 1. The molecule has 0 fully saturated rings. The van der Waals surface area contributed by atoms with Gasteiger partial charge in [0.1, 0.15) is 17.6 Å². The molecular formula is C20H13N3O. The lowest BCUT2D eigenvalue weighted by molar-refractivity contribution is 0.481. The van der Waals surface area contributed by atoms with Crippen LogP contribution in [0.1, 0.15) is 11.4 Å². The van der Waals surface area contributed by atoms with Crippen LogP contribution in [0, 0.1) is 11.3 Å². The molecule has 0 bridgehead atoms. The number of aromatic amines is 1. The lowest BCUT2D eigenvalue weighted by atomic mass is 10.0. The van der Waals surface area contributed by atoms with Gasteiger partial charge in [0.15, 0.2) is 0 Å². The minimum Gasteiger partial charge on any atom is -0.507 e. The lowest BCUT2D eigenvalue weighted by Gasteiger charge is -2.05. The topological polar surface area (TPSA) is 72.7 Å². The second kappa shape index (κ2) is 5.56. The molecule has 0 atom stereocenters. The number of aromatic nitrogens is 2. The van der Waals surface area contributed by atoms with Gasteiger partial charge in [-0.1, -0.05) is 42.5 Å². The maximum atomic E-state index is 10.00. The van der Waals surface area contributed by atoms with Crippen LogP contribution in [0.5, 0.6) is 5.75 Å². The highest BCUT2D eigenvalue weighted by Crippen LogP contribution is 2.29. The first-order valence-corrected chi connectivity index (χ1v) is 7.54. The van der Waals surface area contributed by atoms with E-state index in [4.69, 9.17) is 0 Å². The van der Waals surface area contributed by atoms with E-state index in [2.05, 4.69) is 16.0 Å². The van der Waals surface area contributed by atoms with E-state index in [0.29, 0.717) is 11.4 Å². The number of allylic oxidation sites excluding steroid dienone is 1. The van der Waals surface area contributed by atoms with E-state index in [9.17, 15) is 10.4 Å². The third kappa shape index (κ3) is 2.29. The maximum Gasteiger partial charge on any atom is 0.149 e. The van der Waals surface area contributed by atoms with Crippen molar-refractivity contribution in [2.75, 3.05) is 0 Å². The number of rotatable bonds is 2. The van der Waals surface area contributed by atoms with Crippen LogP contribution in [0.25, 0.3) is 33.5 Å². The van der Waals surface area contributed by atoms with Crippen molar-refractivity contribution < 1.29 is 5.11 Å². The van der Waals surface area contributed by atoms with E-state index in [0.717, 1.165) is 27.4 Å². The Balaban J connectivity index is 1.90. The molecule has 0 spiro atoms. The van der Waals surface area contributed by atoms with Gasteiger partial charge in [0.2, 0.25) is 0 Å². The van der Waals surface area contributed by atoms with Crippen molar-refractivity contribution in [3.63, 3.8) is 0 Å². The van der Waals surface area contributed by atoms with E-state index in [1.165, 1.54) is 0 Å². The molecule has 4 aromatic rings. The molecule has 0 radical (unpaired) electrons. The van der Waals surface area contributed by atoms with Gasteiger partial charge in [0, 0.05) is 5.39 Å². The number of para-hydroxylation sites is 2. The highest BCUT2D eigenvalue weighted by Gasteiger charge is 2.09. The Morgan fingerprint density at radius 2 is 1.75 bits per heavy atom. The average molecular weight is 311 g/mol. The van der Waals surface area contributed by atoms with Gasteiger partial charge in [-0.05, 0) is 35.2 Å². The molecule has 0 aliphatic carbocycles. The molecular weight excluding hydrogens is 298 g/mol. The predicted octanol–water partition coefficient (Wildman–Crippen LogP) is 4.49. The normalized spacial score (nSPS) is 11.7. The zero-order chi connectivity index (χ0) is 16.5. The maximum absolute atomic E-state index is 10.00. The zero-order valence-corrected chi connectivity index (χ0v) is 12.7. The number of fused-ring (bicyclic) bond motifs is 2. The first kappa shape index (κ1) is 14.0. The van der Waals surface area contributed by atoms with E-state index in [1.54, 1.807) is 18.2 Å². The summed E-state index contributed by atoms with van der Waals surface area (Å²) in [4.78, 5) is 7.66. The van der Waals surface area contributed by atoms with Gasteiger partial charge in [0.25, 0.3) is 0 Å². The first-order chi connectivity index (χ1) is 11.8. The molecule has 1 heterocycles. The number of nitriles is 1. The SMILES string of the molecule is N#CC(=Cc1ccc(O)c2ccccc12)c1nc2ccccc2[nH]1. The van der Waals surface area contributed by atoms with Crippen LogP contribution in [0.15, 0.2) is 60.7 Å². The van der Waals surface area contributed by atoms with Gasteiger partial charge in [-0.15, -0.1) is 0 Å². The molecule has 0 unspecified atom stereocenters. The summed E-state index contributed by atoms with van der Waals surface area (Å²) in [7, 11) is 0. The number of imidazole rings is 1. The van der Waals surface area contributed by atoms with Gasteiger partial charge in [0.05, 0.1) is 16.6 Å². The van der Waals surface area contributed by atoms with E-state index < -0.39 is 0 Å². The highest BCUT2D eigenvalue weighted by atomic mass is 16.3. The Hall–Kier alpha value is -3.58. The van der Waals surface area contributed by atoms with Gasteiger partial charge in [-0.25, -0.2) is 4.98 Å². The highest BCUT2D eigenvalue weighted by molar-refractivity contribution is 6.00. The molecule has 0 aliphatic heterocycles. The third-order valence-electron chi connectivity index (χ3n) is 4.00. The molecule has 24 heavy (non-hydrogen) atoms. The number of benzene rings is 3. The van der Waals surface area contributed by atoms with Crippen LogP contribution in [0.4, 0.5) is 0 Å². The largest absolute Gasteiger partial charge is 0.507 e. The summed E-state index contributed by atoms with van der Waals surface area (Å²) in [5.74, 6) is 0.765. The summed E-state index contributed by atoms with van der Waals surface area (Å²) >= 11 is 0. The van der Waals surface area contributed by atoms with Crippen LogP contribution in [-0.2, 0) is 0 Å². The van der Waals surface area contributed by atoms with Crippen molar-refractivity contribution in [3.8, 4) is 11.8 Å². The van der Waals surface area contributed by atoms with Crippen LogP contribution < -0.4 is 0 Å². The van der Waals surface area contributed by atoms with Crippen molar-refractivity contribution in [3.05, 3.63) is 72.1 Å². The second-order valence-corrected chi connectivity index (χ2v) is 5.49. The fourth-order valence-corrected chi connectivity index (χ4v) is 2.82. The number of phenols is 1. The number of H-pyrrole nitrogens is 1. The third-order valence-corrected chi connectivity index (χ3v) is 4.00. The quantitative estimate of drug-likeness (QED) is 0.536. The van der Waals surface area contributed by atoms with E-state index >= 15 is 0 Å². The Morgan fingerprint density at radius 3 is 2.54 bits per heavy atom. The fourth-order valence-electron chi connectivity index (χ4n) is 2.82. The average Bonchev–Trinajstić information content (AvgIpc) is 3.05. The minimum atomic E-state index is 0.227.